The van der Waals surface area contributed by atoms with E-state index in [1.54, 1.807) is 0 Å². The van der Waals surface area contributed by atoms with Crippen molar-refractivity contribution in [3.63, 3.8) is 0 Å². The maximum Gasteiger partial charge on any atom is 0.315 e. The number of ether oxygens (including phenoxy) is 1. The molecule has 1 saturated carbocycles. The van der Waals surface area contributed by atoms with Crippen molar-refractivity contribution >= 4 is 17.3 Å². The molecule has 0 aliphatic heterocycles. The van der Waals surface area contributed by atoms with Crippen molar-refractivity contribution in [1.29, 1.82) is 0 Å². The first-order chi connectivity index (χ1) is 9.69. The lowest BCUT2D eigenvalue weighted by atomic mass is 9.91. The van der Waals surface area contributed by atoms with Gasteiger partial charge in [0.15, 0.2) is 0 Å². The van der Waals surface area contributed by atoms with E-state index >= 15 is 0 Å². The molecular weight excluding hydrogens is 270 g/mol. The third kappa shape index (κ3) is 2.62. The number of rotatable bonds is 3. The summed E-state index contributed by atoms with van der Waals surface area (Å²) in [5.41, 5.74) is 1.04. The SMILES string of the molecule is CCOC(=O)C1CCCc2sc(C3CCC(C)C3)nc21. The zero-order valence-electron chi connectivity index (χ0n) is 12.4. The van der Waals surface area contributed by atoms with Gasteiger partial charge in [-0.15, -0.1) is 11.3 Å². The minimum absolute atomic E-state index is 0.0786. The van der Waals surface area contributed by atoms with Gasteiger partial charge in [-0.3, -0.25) is 4.79 Å². The van der Waals surface area contributed by atoms with Crippen LogP contribution in [0.15, 0.2) is 0 Å². The second kappa shape index (κ2) is 5.84. The molecule has 1 heterocycles. The molecular formula is C16H23NO2S. The molecule has 3 nitrogen and oxygen atoms in total. The highest BCUT2D eigenvalue weighted by Gasteiger charge is 2.33. The van der Waals surface area contributed by atoms with Crippen molar-refractivity contribution < 1.29 is 9.53 Å². The maximum absolute atomic E-state index is 12.1. The zero-order valence-corrected chi connectivity index (χ0v) is 13.2. The lowest BCUT2D eigenvalue weighted by Gasteiger charge is -2.19. The number of aromatic nitrogens is 1. The fourth-order valence-electron chi connectivity index (χ4n) is 3.52. The molecule has 0 N–H and O–H groups in total. The van der Waals surface area contributed by atoms with Crippen LogP contribution >= 0.6 is 11.3 Å². The van der Waals surface area contributed by atoms with Gasteiger partial charge in [0.2, 0.25) is 0 Å². The Bertz CT molecular complexity index is 497. The van der Waals surface area contributed by atoms with Crippen LogP contribution < -0.4 is 0 Å². The number of fused-ring (bicyclic) bond motifs is 1. The highest BCUT2D eigenvalue weighted by atomic mass is 32.1. The van der Waals surface area contributed by atoms with Gasteiger partial charge in [0, 0.05) is 10.8 Å². The molecule has 110 valence electrons. The smallest absolute Gasteiger partial charge is 0.315 e. The van der Waals surface area contributed by atoms with Gasteiger partial charge in [0.05, 0.1) is 17.3 Å². The molecule has 0 aromatic carbocycles. The van der Waals surface area contributed by atoms with Crippen LogP contribution in [-0.2, 0) is 16.0 Å². The molecule has 0 radical (unpaired) electrons. The summed E-state index contributed by atoms with van der Waals surface area (Å²) in [7, 11) is 0. The average molecular weight is 293 g/mol. The molecule has 0 amide bonds. The number of esters is 1. The summed E-state index contributed by atoms with van der Waals surface area (Å²) >= 11 is 1.85. The maximum atomic E-state index is 12.1. The van der Waals surface area contributed by atoms with Crippen LogP contribution in [0, 0.1) is 5.92 Å². The summed E-state index contributed by atoms with van der Waals surface area (Å²) in [4.78, 5) is 18.3. The Hall–Kier alpha value is -0.900. The molecule has 2 aliphatic carbocycles. The van der Waals surface area contributed by atoms with E-state index in [4.69, 9.17) is 9.72 Å². The van der Waals surface area contributed by atoms with Crippen LogP contribution in [0.4, 0.5) is 0 Å². The van der Waals surface area contributed by atoms with Crippen LogP contribution in [0.3, 0.4) is 0 Å². The van der Waals surface area contributed by atoms with E-state index in [1.165, 1.54) is 29.1 Å². The third-order valence-corrected chi connectivity index (χ3v) is 5.88. The molecule has 3 atom stereocenters. The summed E-state index contributed by atoms with van der Waals surface area (Å²) in [5.74, 6) is 1.26. The molecule has 3 unspecified atom stereocenters. The van der Waals surface area contributed by atoms with E-state index in [0.717, 1.165) is 30.9 Å². The summed E-state index contributed by atoms with van der Waals surface area (Å²) in [5, 5.41) is 1.27. The molecule has 1 fully saturated rings. The minimum Gasteiger partial charge on any atom is -0.465 e. The number of thiazole rings is 1. The van der Waals surface area contributed by atoms with Gasteiger partial charge in [-0.2, -0.15) is 0 Å². The predicted molar refractivity (Wildman–Crippen MR) is 80.2 cm³/mol. The van der Waals surface area contributed by atoms with Crippen LogP contribution in [0.2, 0.25) is 0 Å². The number of nitrogens with zero attached hydrogens (tertiary/aromatic N) is 1. The summed E-state index contributed by atoms with van der Waals surface area (Å²) in [6.07, 6.45) is 6.91. The summed E-state index contributed by atoms with van der Waals surface area (Å²) in [6, 6.07) is 0. The number of hydrogen-bond acceptors (Lipinski definition) is 4. The standard InChI is InChI=1S/C16H23NO2S/c1-3-19-16(18)12-5-4-6-13-14(12)17-15(20-13)11-8-7-10(2)9-11/h10-12H,3-9H2,1-2H3. The van der Waals surface area contributed by atoms with E-state index in [9.17, 15) is 4.79 Å². The molecule has 0 bridgehead atoms. The largest absolute Gasteiger partial charge is 0.465 e. The van der Waals surface area contributed by atoms with E-state index in [1.807, 2.05) is 18.3 Å². The number of hydrogen-bond donors (Lipinski definition) is 0. The minimum atomic E-state index is -0.109. The molecule has 20 heavy (non-hydrogen) atoms. The van der Waals surface area contributed by atoms with Gasteiger partial charge in [0.25, 0.3) is 0 Å². The first kappa shape index (κ1) is 14.1. The molecule has 1 aromatic heterocycles. The Morgan fingerprint density at radius 3 is 2.95 bits per heavy atom. The molecule has 3 rings (SSSR count). The molecule has 1 aromatic rings. The number of carbonyl (C=O) groups excluding carboxylic acids is 1. The monoisotopic (exact) mass is 293 g/mol. The predicted octanol–water partition coefficient (Wildman–Crippen LogP) is 4.03. The second-order valence-electron chi connectivity index (χ2n) is 6.17. The van der Waals surface area contributed by atoms with Crippen LogP contribution in [0.1, 0.15) is 73.4 Å². The van der Waals surface area contributed by atoms with Gasteiger partial charge in [-0.05, 0) is 44.9 Å². The fraction of sp³-hybridized carbons (Fsp3) is 0.750. The Labute approximate surface area is 124 Å². The molecule has 2 aliphatic rings. The van der Waals surface area contributed by atoms with Crippen molar-refractivity contribution in [2.45, 2.75) is 64.2 Å². The van der Waals surface area contributed by atoms with Gasteiger partial charge < -0.3 is 4.74 Å². The van der Waals surface area contributed by atoms with Crippen LogP contribution in [-0.4, -0.2) is 17.6 Å². The van der Waals surface area contributed by atoms with Crippen LogP contribution in [0.5, 0.6) is 0 Å². The van der Waals surface area contributed by atoms with E-state index in [0.29, 0.717) is 12.5 Å². The van der Waals surface area contributed by atoms with Crippen LogP contribution in [0.25, 0.3) is 0 Å². The zero-order chi connectivity index (χ0) is 14.1. The first-order valence-electron chi connectivity index (χ1n) is 7.85. The second-order valence-corrected chi connectivity index (χ2v) is 7.29. The number of carbonyl (C=O) groups is 1. The average Bonchev–Trinajstić information content (AvgIpc) is 3.03. The van der Waals surface area contributed by atoms with E-state index in [-0.39, 0.29) is 11.9 Å². The highest BCUT2D eigenvalue weighted by Crippen LogP contribution is 2.43. The summed E-state index contributed by atoms with van der Waals surface area (Å²) < 4.78 is 5.22. The third-order valence-electron chi connectivity index (χ3n) is 4.59. The lowest BCUT2D eigenvalue weighted by molar-refractivity contribution is -0.145. The van der Waals surface area contributed by atoms with Gasteiger partial charge in [0.1, 0.15) is 5.92 Å². The lowest BCUT2D eigenvalue weighted by Crippen LogP contribution is -2.20. The Kier molecular flexibility index (Phi) is 4.11. The quantitative estimate of drug-likeness (QED) is 0.790. The van der Waals surface area contributed by atoms with Crippen molar-refractivity contribution in [3.8, 4) is 0 Å². The van der Waals surface area contributed by atoms with Crippen molar-refractivity contribution in [2.75, 3.05) is 6.61 Å². The Morgan fingerprint density at radius 2 is 2.25 bits per heavy atom. The van der Waals surface area contributed by atoms with Crippen molar-refractivity contribution in [2.24, 2.45) is 5.92 Å². The normalized spacial score (nSPS) is 29.2. The molecule has 0 saturated heterocycles. The van der Waals surface area contributed by atoms with Gasteiger partial charge in [-0.25, -0.2) is 4.98 Å². The first-order valence-corrected chi connectivity index (χ1v) is 8.66. The molecule has 4 heteroatoms. The Morgan fingerprint density at radius 1 is 1.40 bits per heavy atom. The Balaban J connectivity index is 1.83. The van der Waals surface area contributed by atoms with E-state index < -0.39 is 0 Å². The van der Waals surface area contributed by atoms with E-state index in [2.05, 4.69) is 6.92 Å². The number of aryl methyl sites for hydroxylation is 1. The van der Waals surface area contributed by atoms with Gasteiger partial charge in [-0.1, -0.05) is 13.3 Å². The van der Waals surface area contributed by atoms with Crippen molar-refractivity contribution in [1.82, 2.24) is 4.98 Å². The van der Waals surface area contributed by atoms with Crippen molar-refractivity contribution in [3.05, 3.63) is 15.6 Å². The fourth-order valence-corrected chi connectivity index (χ4v) is 4.83. The topological polar surface area (TPSA) is 39.2 Å². The van der Waals surface area contributed by atoms with Gasteiger partial charge >= 0.3 is 5.97 Å². The summed E-state index contributed by atoms with van der Waals surface area (Å²) in [6.45, 7) is 4.66. The highest BCUT2D eigenvalue weighted by molar-refractivity contribution is 7.11. The molecule has 0 spiro atoms.